The smallest absolute Gasteiger partial charge is 0.0432 e. The Morgan fingerprint density at radius 2 is 1.76 bits per heavy atom. The Kier molecular flexibility index (Phi) is 3.04. The molecule has 2 heteroatoms. The normalized spacial score (nSPS) is 24.9. The van der Waals surface area contributed by atoms with Crippen LogP contribution in [0.15, 0.2) is 40.9 Å². The number of hydrogen-bond acceptors (Lipinski definition) is 0. The Bertz CT molecular complexity index is 562. The molecule has 0 heterocycles. The van der Waals surface area contributed by atoms with Crippen LogP contribution in [0.3, 0.4) is 0 Å². The molecule has 2 aromatic carbocycles. The minimum absolute atomic E-state index is 0.496. The van der Waals surface area contributed by atoms with Crippen molar-refractivity contribution in [2.24, 2.45) is 11.8 Å². The number of fused-ring (bicyclic) bond motifs is 1. The van der Waals surface area contributed by atoms with E-state index in [1.54, 1.807) is 0 Å². The highest BCUT2D eigenvalue weighted by atomic mass is 79.9. The molecule has 0 aromatic heterocycles. The summed E-state index contributed by atoms with van der Waals surface area (Å²) in [5.41, 5.74) is 1.43. The molecule has 3 rings (SSSR count). The molecule has 1 fully saturated rings. The molecule has 0 radical (unpaired) electrons. The van der Waals surface area contributed by atoms with Crippen LogP contribution in [0.25, 0.3) is 10.8 Å². The molecule has 1 aliphatic rings. The van der Waals surface area contributed by atoms with Crippen LogP contribution < -0.4 is 0 Å². The zero-order valence-corrected chi connectivity index (χ0v) is 12.8. The topological polar surface area (TPSA) is 0 Å². The predicted octanol–water partition coefficient (Wildman–Crippen LogP) is 5.69. The summed E-state index contributed by atoms with van der Waals surface area (Å²) in [4.78, 5) is 0.496. The van der Waals surface area contributed by atoms with Gasteiger partial charge in [-0.2, -0.15) is 0 Å². The highest BCUT2D eigenvalue weighted by molar-refractivity contribution is 9.10. The van der Waals surface area contributed by atoms with Crippen LogP contribution in [0.1, 0.15) is 23.7 Å². The summed E-state index contributed by atoms with van der Waals surface area (Å²) >= 11 is 7.51. The van der Waals surface area contributed by atoms with Gasteiger partial charge in [0.05, 0.1) is 0 Å². The first-order valence-electron chi connectivity index (χ1n) is 5.99. The van der Waals surface area contributed by atoms with Crippen molar-refractivity contribution in [3.05, 3.63) is 46.4 Å². The van der Waals surface area contributed by atoms with Crippen molar-refractivity contribution in [3.63, 3.8) is 0 Å². The number of alkyl halides is 1. The summed E-state index contributed by atoms with van der Waals surface area (Å²) in [6, 6.07) is 13.0. The third-order valence-electron chi connectivity index (χ3n) is 3.75. The largest absolute Gasteiger partial charge is 0.0835 e. The lowest BCUT2D eigenvalue weighted by molar-refractivity contribution is 0.744. The lowest BCUT2D eigenvalue weighted by atomic mass is 10.00. The maximum absolute atomic E-state index is 3.88. The first kappa shape index (κ1) is 11.7. The van der Waals surface area contributed by atoms with Crippen LogP contribution >= 0.6 is 31.9 Å². The molecular weight excluding hydrogens is 340 g/mol. The van der Waals surface area contributed by atoms with Gasteiger partial charge in [0.1, 0.15) is 0 Å². The zero-order chi connectivity index (χ0) is 12.0. The van der Waals surface area contributed by atoms with E-state index in [4.69, 9.17) is 0 Å². The molecule has 17 heavy (non-hydrogen) atoms. The van der Waals surface area contributed by atoms with Crippen molar-refractivity contribution in [3.8, 4) is 0 Å². The number of benzene rings is 2. The summed E-state index contributed by atoms with van der Waals surface area (Å²) in [6.45, 7) is 2.33. The van der Waals surface area contributed by atoms with Gasteiger partial charge < -0.3 is 0 Å². The van der Waals surface area contributed by atoms with E-state index in [9.17, 15) is 0 Å². The van der Waals surface area contributed by atoms with Gasteiger partial charge in [-0.3, -0.25) is 0 Å². The van der Waals surface area contributed by atoms with E-state index >= 15 is 0 Å². The highest BCUT2D eigenvalue weighted by Gasteiger charge is 2.39. The lowest BCUT2D eigenvalue weighted by Crippen LogP contribution is -1.95. The monoisotopic (exact) mass is 352 g/mol. The second-order valence-corrected chi connectivity index (χ2v) is 6.80. The Labute approximate surface area is 119 Å². The maximum Gasteiger partial charge on any atom is 0.0432 e. The number of halogens is 2. The van der Waals surface area contributed by atoms with Gasteiger partial charge in [-0.05, 0) is 40.7 Å². The van der Waals surface area contributed by atoms with Crippen molar-refractivity contribution < 1.29 is 0 Å². The van der Waals surface area contributed by atoms with Crippen LogP contribution in [0.4, 0.5) is 0 Å². The van der Waals surface area contributed by atoms with Crippen LogP contribution in [0, 0.1) is 11.8 Å². The summed E-state index contributed by atoms with van der Waals surface area (Å²) in [6.07, 6.45) is 1.35. The van der Waals surface area contributed by atoms with Crippen molar-refractivity contribution >= 4 is 42.6 Å². The molecule has 0 N–H and O–H groups in total. The molecule has 88 valence electrons. The first-order valence-corrected chi connectivity index (χ1v) is 7.70. The summed E-state index contributed by atoms with van der Waals surface area (Å²) in [7, 11) is 0. The van der Waals surface area contributed by atoms with Crippen LogP contribution in [0.2, 0.25) is 0 Å². The predicted molar refractivity (Wildman–Crippen MR) is 80.6 cm³/mol. The van der Waals surface area contributed by atoms with Crippen molar-refractivity contribution in [2.75, 3.05) is 0 Å². The zero-order valence-electron chi connectivity index (χ0n) is 9.66. The average Bonchev–Trinajstić information content (AvgIpc) is 3.07. The van der Waals surface area contributed by atoms with Gasteiger partial charge in [-0.15, -0.1) is 0 Å². The van der Waals surface area contributed by atoms with E-state index in [1.807, 2.05) is 0 Å². The summed E-state index contributed by atoms with van der Waals surface area (Å²) in [5, 5.41) is 2.67. The molecule has 0 bridgehead atoms. The van der Waals surface area contributed by atoms with Crippen LogP contribution in [-0.4, -0.2) is 0 Å². The maximum atomic E-state index is 3.88. The molecular formula is C15H14Br2. The Morgan fingerprint density at radius 3 is 2.41 bits per heavy atom. The van der Waals surface area contributed by atoms with E-state index < -0.39 is 0 Å². The quantitative estimate of drug-likeness (QED) is 0.608. The van der Waals surface area contributed by atoms with Crippen LogP contribution in [0.5, 0.6) is 0 Å². The fourth-order valence-corrected chi connectivity index (χ4v) is 4.13. The van der Waals surface area contributed by atoms with Gasteiger partial charge in [0.2, 0.25) is 0 Å². The SMILES string of the molecule is CC1CC1C(Br)c1ccc(Br)c2ccccc12. The minimum Gasteiger partial charge on any atom is -0.0835 e. The van der Waals surface area contributed by atoms with Gasteiger partial charge in [-0.1, -0.05) is 69.1 Å². The molecule has 1 saturated carbocycles. The molecule has 0 amide bonds. The molecule has 3 unspecified atom stereocenters. The number of rotatable bonds is 2. The molecule has 0 aliphatic heterocycles. The summed E-state index contributed by atoms with van der Waals surface area (Å²) in [5.74, 6) is 1.67. The fourth-order valence-electron chi connectivity index (χ4n) is 2.52. The molecule has 1 aliphatic carbocycles. The van der Waals surface area contributed by atoms with Crippen LogP contribution in [-0.2, 0) is 0 Å². The highest BCUT2D eigenvalue weighted by Crippen LogP contribution is 2.52. The lowest BCUT2D eigenvalue weighted by Gasteiger charge is -2.13. The third kappa shape index (κ3) is 2.06. The fraction of sp³-hybridized carbons (Fsp3) is 0.333. The molecule has 0 spiro atoms. The van der Waals surface area contributed by atoms with Gasteiger partial charge in [0.25, 0.3) is 0 Å². The second kappa shape index (κ2) is 4.40. The van der Waals surface area contributed by atoms with E-state index in [2.05, 4.69) is 75.2 Å². The van der Waals surface area contributed by atoms with Crippen molar-refractivity contribution in [1.29, 1.82) is 0 Å². The third-order valence-corrected chi connectivity index (χ3v) is 5.61. The van der Waals surface area contributed by atoms with Crippen molar-refractivity contribution in [2.45, 2.75) is 18.2 Å². The first-order chi connectivity index (χ1) is 8.18. The van der Waals surface area contributed by atoms with Gasteiger partial charge >= 0.3 is 0 Å². The van der Waals surface area contributed by atoms with E-state index in [1.165, 1.54) is 27.2 Å². The van der Waals surface area contributed by atoms with Crippen molar-refractivity contribution in [1.82, 2.24) is 0 Å². The molecule has 3 atom stereocenters. The Morgan fingerprint density at radius 1 is 1.12 bits per heavy atom. The van der Waals surface area contributed by atoms with E-state index in [0.717, 1.165) is 11.8 Å². The van der Waals surface area contributed by atoms with Gasteiger partial charge in [0, 0.05) is 9.30 Å². The molecule has 2 aromatic rings. The van der Waals surface area contributed by atoms with Gasteiger partial charge in [-0.25, -0.2) is 0 Å². The second-order valence-electron chi connectivity index (χ2n) is 4.96. The van der Waals surface area contributed by atoms with E-state index in [-0.39, 0.29) is 0 Å². The Hall–Kier alpha value is -0.340. The summed E-state index contributed by atoms with van der Waals surface area (Å²) < 4.78 is 1.18. The number of hydrogen-bond donors (Lipinski definition) is 0. The average molecular weight is 354 g/mol. The molecule has 0 nitrogen and oxygen atoms in total. The van der Waals surface area contributed by atoms with Gasteiger partial charge in [0.15, 0.2) is 0 Å². The minimum atomic E-state index is 0.496. The van der Waals surface area contributed by atoms with E-state index in [0.29, 0.717) is 4.83 Å². The standard InChI is InChI=1S/C15H14Br2/c1-9-8-13(9)15(17)12-6-7-14(16)11-5-3-2-4-10(11)12/h2-7,9,13,15H,8H2,1H3. The molecule has 0 saturated heterocycles. The Balaban J connectivity index is 2.13.